The lowest BCUT2D eigenvalue weighted by Crippen LogP contribution is -2.40. The van der Waals surface area contributed by atoms with E-state index < -0.39 is 24.0 Å². The van der Waals surface area contributed by atoms with E-state index in [9.17, 15) is 14.7 Å². The molecule has 0 unspecified atom stereocenters. The summed E-state index contributed by atoms with van der Waals surface area (Å²) >= 11 is 3.22. The molecular weight excluding hydrogens is 316 g/mol. The number of carboxylic acids is 1. The van der Waals surface area contributed by atoms with Gasteiger partial charge in [0.05, 0.1) is 6.10 Å². The van der Waals surface area contributed by atoms with E-state index in [1.807, 2.05) is 0 Å². The molecule has 0 radical (unpaired) electrons. The van der Waals surface area contributed by atoms with Crippen LogP contribution in [0.5, 0.6) is 0 Å². The first-order valence-electron chi connectivity index (χ1n) is 5.67. The number of aliphatic hydroxyl groups is 1. The number of halogens is 1. The van der Waals surface area contributed by atoms with Crippen LogP contribution >= 0.6 is 15.9 Å². The molecule has 2 rings (SSSR count). The Hall–Kier alpha value is -1.60. The molecule has 1 heterocycles. The average Bonchev–Trinajstić information content (AvgIpc) is 2.74. The lowest BCUT2D eigenvalue weighted by molar-refractivity contribution is -0.141. The van der Waals surface area contributed by atoms with Crippen molar-refractivity contribution in [1.82, 2.24) is 4.90 Å². The summed E-state index contributed by atoms with van der Waals surface area (Å²) in [6.07, 6.45) is -0.759. The van der Waals surface area contributed by atoms with E-state index in [1.165, 1.54) is 6.07 Å². The van der Waals surface area contributed by atoms with Crippen LogP contribution in [0, 0.1) is 0 Å². The van der Waals surface area contributed by atoms with Crippen LogP contribution in [0.15, 0.2) is 22.7 Å². The Morgan fingerprint density at radius 2 is 2.11 bits per heavy atom. The van der Waals surface area contributed by atoms with E-state index in [0.717, 1.165) is 4.90 Å². The number of hydrogen-bond acceptors (Lipinski definition) is 4. The molecule has 1 fully saturated rings. The minimum atomic E-state index is -1.12. The summed E-state index contributed by atoms with van der Waals surface area (Å²) in [5, 5.41) is 18.6. The highest BCUT2D eigenvalue weighted by molar-refractivity contribution is 9.10. The molecule has 0 aromatic heterocycles. The van der Waals surface area contributed by atoms with Gasteiger partial charge in [0.25, 0.3) is 5.91 Å². The summed E-state index contributed by atoms with van der Waals surface area (Å²) in [6.45, 7) is 0.0196. The van der Waals surface area contributed by atoms with Gasteiger partial charge >= 0.3 is 5.97 Å². The molecule has 4 N–H and O–H groups in total. The molecule has 19 heavy (non-hydrogen) atoms. The van der Waals surface area contributed by atoms with Gasteiger partial charge in [-0.1, -0.05) is 0 Å². The van der Waals surface area contributed by atoms with Crippen LogP contribution in [0.3, 0.4) is 0 Å². The molecule has 7 heteroatoms. The number of amides is 1. The van der Waals surface area contributed by atoms with Crippen molar-refractivity contribution in [2.24, 2.45) is 0 Å². The number of β-amino-alcohol motifs (C(OH)–C–C–N with tert-alkyl or cyclic N) is 1. The van der Waals surface area contributed by atoms with E-state index in [-0.39, 0.29) is 13.0 Å². The third kappa shape index (κ3) is 2.71. The molecule has 1 saturated heterocycles. The zero-order chi connectivity index (χ0) is 14.2. The Balaban J connectivity index is 2.27. The first-order valence-corrected chi connectivity index (χ1v) is 6.46. The molecule has 102 valence electrons. The van der Waals surface area contributed by atoms with Crippen LogP contribution in [0.25, 0.3) is 0 Å². The van der Waals surface area contributed by atoms with Crippen LogP contribution in [0.1, 0.15) is 16.8 Å². The smallest absolute Gasteiger partial charge is 0.326 e. The molecule has 0 saturated carbocycles. The molecule has 0 bridgehead atoms. The standard InChI is InChI=1S/C12H13BrN2O4/c13-8-2-1-6(3-9(8)14)11(17)15-5-7(16)4-10(15)12(18)19/h1-3,7,10,16H,4-5,14H2,(H,18,19)/t7-,10-/m1/s1. The number of likely N-dealkylation sites (tertiary alicyclic amines) is 1. The van der Waals surface area contributed by atoms with Crippen molar-refractivity contribution in [3.63, 3.8) is 0 Å². The van der Waals surface area contributed by atoms with Gasteiger partial charge in [-0.3, -0.25) is 4.79 Å². The molecule has 1 amide bonds. The fourth-order valence-corrected chi connectivity index (χ4v) is 2.36. The Kier molecular flexibility index (Phi) is 3.77. The number of nitrogens with zero attached hydrogens (tertiary/aromatic N) is 1. The van der Waals surface area contributed by atoms with Crippen LogP contribution < -0.4 is 5.73 Å². The van der Waals surface area contributed by atoms with Crippen molar-refractivity contribution in [2.45, 2.75) is 18.6 Å². The Labute approximate surface area is 117 Å². The van der Waals surface area contributed by atoms with Gasteiger partial charge in [-0.15, -0.1) is 0 Å². The van der Waals surface area contributed by atoms with E-state index in [1.54, 1.807) is 12.1 Å². The summed E-state index contributed by atoms with van der Waals surface area (Å²) in [4.78, 5) is 24.5. The van der Waals surface area contributed by atoms with Gasteiger partial charge in [0.15, 0.2) is 0 Å². The fourth-order valence-electron chi connectivity index (χ4n) is 2.11. The van der Waals surface area contributed by atoms with E-state index in [0.29, 0.717) is 15.7 Å². The maximum absolute atomic E-state index is 12.3. The van der Waals surface area contributed by atoms with Gasteiger partial charge in [-0.05, 0) is 34.1 Å². The predicted octanol–water partition coefficient (Wildman–Crippen LogP) is 0.691. The number of aliphatic carboxylic acids is 1. The van der Waals surface area contributed by atoms with Crippen LogP contribution in [-0.2, 0) is 4.79 Å². The molecule has 1 aliphatic heterocycles. The highest BCUT2D eigenvalue weighted by atomic mass is 79.9. The summed E-state index contributed by atoms with van der Waals surface area (Å²) in [7, 11) is 0. The lowest BCUT2D eigenvalue weighted by Gasteiger charge is -2.21. The molecule has 2 atom stereocenters. The number of nitrogen functional groups attached to an aromatic ring is 1. The average molecular weight is 329 g/mol. The zero-order valence-corrected chi connectivity index (χ0v) is 11.5. The second-order valence-electron chi connectivity index (χ2n) is 4.44. The maximum Gasteiger partial charge on any atom is 0.326 e. The molecule has 6 nitrogen and oxygen atoms in total. The molecular formula is C12H13BrN2O4. The minimum absolute atomic E-state index is 0.0196. The van der Waals surface area contributed by atoms with Gasteiger partial charge in [-0.2, -0.15) is 0 Å². The van der Waals surface area contributed by atoms with Gasteiger partial charge in [0.2, 0.25) is 0 Å². The number of carbonyl (C=O) groups is 2. The second kappa shape index (κ2) is 5.18. The lowest BCUT2D eigenvalue weighted by atomic mass is 10.1. The third-order valence-corrected chi connectivity index (χ3v) is 3.79. The predicted molar refractivity (Wildman–Crippen MR) is 71.6 cm³/mol. The number of carboxylic acid groups (broad SMARTS) is 1. The Bertz CT molecular complexity index is 534. The molecule has 1 aromatic rings. The topological polar surface area (TPSA) is 104 Å². The van der Waals surface area contributed by atoms with E-state index in [2.05, 4.69) is 15.9 Å². The summed E-state index contributed by atoms with van der Waals surface area (Å²) < 4.78 is 0.667. The largest absolute Gasteiger partial charge is 0.480 e. The Morgan fingerprint density at radius 1 is 1.42 bits per heavy atom. The van der Waals surface area contributed by atoms with Crippen molar-refractivity contribution < 1.29 is 19.8 Å². The second-order valence-corrected chi connectivity index (χ2v) is 5.29. The van der Waals surface area contributed by atoms with Crippen LogP contribution in [0.2, 0.25) is 0 Å². The number of nitrogens with two attached hydrogens (primary N) is 1. The van der Waals surface area contributed by atoms with Gasteiger partial charge in [0.1, 0.15) is 6.04 Å². The zero-order valence-electron chi connectivity index (χ0n) is 9.91. The molecule has 0 aliphatic carbocycles. The number of benzene rings is 1. The van der Waals surface area contributed by atoms with E-state index in [4.69, 9.17) is 10.8 Å². The number of carbonyl (C=O) groups excluding carboxylic acids is 1. The van der Waals surface area contributed by atoms with Crippen molar-refractivity contribution in [3.8, 4) is 0 Å². The van der Waals surface area contributed by atoms with Crippen molar-refractivity contribution in [2.75, 3.05) is 12.3 Å². The van der Waals surface area contributed by atoms with Crippen molar-refractivity contribution >= 4 is 33.5 Å². The van der Waals surface area contributed by atoms with Crippen molar-refractivity contribution in [3.05, 3.63) is 28.2 Å². The van der Waals surface area contributed by atoms with Crippen LogP contribution in [0.4, 0.5) is 5.69 Å². The van der Waals surface area contributed by atoms with Gasteiger partial charge in [0, 0.05) is 28.7 Å². The van der Waals surface area contributed by atoms with E-state index >= 15 is 0 Å². The van der Waals surface area contributed by atoms with Gasteiger partial charge < -0.3 is 20.8 Å². The number of anilines is 1. The number of rotatable bonds is 2. The van der Waals surface area contributed by atoms with Gasteiger partial charge in [-0.25, -0.2) is 4.79 Å². The number of hydrogen-bond donors (Lipinski definition) is 3. The minimum Gasteiger partial charge on any atom is -0.480 e. The monoisotopic (exact) mass is 328 g/mol. The highest BCUT2D eigenvalue weighted by Gasteiger charge is 2.39. The summed E-state index contributed by atoms with van der Waals surface area (Å²) in [5.74, 6) is -1.56. The normalized spacial score (nSPS) is 22.5. The third-order valence-electron chi connectivity index (χ3n) is 3.07. The molecule has 1 aliphatic rings. The summed E-state index contributed by atoms with van der Waals surface area (Å²) in [5.41, 5.74) is 6.40. The molecule has 1 aromatic carbocycles. The van der Waals surface area contributed by atoms with Crippen molar-refractivity contribution in [1.29, 1.82) is 0 Å². The first kappa shape index (κ1) is 13.8. The first-order chi connectivity index (χ1) is 8.90. The Morgan fingerprint density at radius 3 is 2.68 bits per heavy atom. The molecule has 0 spiro atoms. The maximum atomic E-state index is 12.3. The fraction of sp³-hybridized carbons (Fsp3) is 0.333. The quantitative estimate of drug-likeness (QED) is 0.693. The summed E-state index contributed by atoms with van der Waals surface area (Å²) in [6, 6.07) is 3.68. The SMILES string of the molecule is Nc1cc(C(=O)N2C[C@H](O)C[C@@H]2C(=O)O)ccc1Br. The van der Waals surface area contributed by atoms with Crippen LogP contribution in [-0.4, -0.2) is 45.7 Å². The highest BCUT2D eigenvalue weighted by Crippen LogP contribution is 2.24. The number of aliphatic hydroxyl groups excluding tert-OH is 1.